The average molecular weight is 252 g/mol. The number of rotatable bonds is 3. The minimum Gasteiger partial charge on any atom is -0.225 e. The number of sulfonamides is 1. The van der Waals surface area contributed by atoms with Gasteiger partial charge in [0.15, 0.2) is 0 Å². The topological polar surface area (TPSA) is 60.2 Å². The maximum atomic E-state index is 10.9. The zero-order chi connectivity index (χ0) is 10.8. The Kier molecular flexibility index (Phi) is 6.82. The minimum absolute atomic E-state index is 0. The van der Waals surface area contributed by atoms with Crippen molar-refractivity contribution >= 4 is 10.0 Å². The van der Waals surface area contributed by atoms with E-state index >= 15 is 0 Å². The molecule has 0 aromatic heterocycles. The van der Waals surface area contributed by atoms with Crippen molar-refractivity contribution in [3.63, 3.8) is 0 Å². The van der Waals surface area contributed by atoms with E-state index in [-0.39, 0.29) is 56.3 Å². The normalized spacial score (nSPS) is 11.2. The molecule has 3 nitrogen and oxygen atoms in total. The van der Waals surface area contributed by atoms with Crippen molar-refractivity contribution in [1.29, 1.82) is 0 Å². The van der Waals surface area contributed by atoms with E-state index in [0.717, 1.165) is 12.0 Å². The molecule has 0 unspecified atom stereocenters. The summed E-state index contributed by atoms with van der Waals surface area (Å²) >= 11 is 0. The maximum Gasteiger partial charge on any atom is 1.00 e. The Bertz CT molecular complexity index is 398. The summed E-state index contributed by atoms with van der Waals surface area (Å²) < 4.78 is 21.9. The quantitative estimate of drug-likeness (QED) is 0.668. The average Bonchev–Trinajstić information content (AvgIpc) is 2.02. The summed E-state index contributed by atoms with van der Waals surface area (Å²) in [5.74, 6) is 0.565. The first-order chi connectivity index (χ1) is 6.39. The molecule has 2 N–H and O–H groups in total. The van der Waals surface area contributed by atoms with E-state index in [1.54, 1.807) is 24.3 Å². The number of hydrogen-bond acceptors (Lipinski definition) is 2. The molecule has 1 aromatic carbocycles. The van der Waals surface area contributed by atoms with Gasteiger partial charge in [0.1, 0.15) is 0 Å². The second-order valence-electron chi connectivity index (χ2n) is 3.79. The van der Waals surface area contributed by atoms with Crippen molar-refractivity contribution in [3.05, 3.63) is 29.8 Å². The number of hydrogen-bond donors (Lipinski definition) is 1. The van der Waals surface area contributed by atoms with Gasteiger partial charge in [-0.3, -0.25) is 0 Å². The third-order valence-corrected chi connectivity index (χ3v) is 2.83. The van der Waals surface area contributed by atoms with Crippen molar-refractivity contribution in [1.82, 2.24) is 0 Å². The first-order valence-corrected chi connectivity index (χ1v) is 6.06. The van der Waals surface area contributed by atoms with E-state index in [0.29, 0.717) is 5.92 Å². The fourth-order valence-electron chi connectivity index (χ4n) is 1.29. The fraction of sp³-hybridized carbons (Fsp3) is 0.400. The summed E-state index contributed by atoms with van der Waals surface area (Å²) in [5.41, 5.74) is 1.13. The fourth-order valence-corrected chi connectivity index (χ4v) is 1.80. The maximum absolute atomic E-state index is 10.9. The molecule has 0 amide bonds. The molecule has 0 fully saturated rings. The van der Waals surface area contributed by atoms with Gasteiger partial charge in [-0.1, -0.05) is 26.0 Å². The van der Waals surface area contributed by atoms with Gasteiger partial charge >= 0.3 is 51.4 Å². The van der Waals surface area contributed by atoms with Gasteiger partial charge in [-0.2, -0.15) is 0 Å². The van der Waals surface area contributed by atoms with Crippen molar-refractivity contribution in [3.8, 4) is 0 Å². The summed E-state index contributed by atoms with van der Waals surface area (Å²) in [7, 11) is -3.55. The molecular formula is C10H15KNO2S+. The van der Waals surface area contributed by atoms with Gasteiger partial charge in [0.25, 0.3) is 0 Å². The third-order valence-electron chi connectivity index (χ3n) is 1.90. The Morgan fingerprint density at radius 3 is 2.00 bits per heavy atom. The smallest absolute Gasteiger partial charge is 0.225 e. The van der Waals surface area contributed by atoms with Crippen LogP contribution in [0.1, 0.15) is 19.4 Å². The molecule has 0 aliphatic heterocycles. The first kappa shape index (κ1) is 15.8. The molecule has 0 bridgehead atoms. The van der Waals surface area contributed by atoms with Crippen LogP contribution in [-0.2, 0) is 16.4 Å². The van der Waals surface area contributed by atoms with Gasteiger partial charge in [-0.15, -0.1) is 0 Å². The van der Waals surface area contributed by atoms with Crippen molar-refractivity contribution in [2.24, 2.45) is 11.1 Å². The van der Waals surface area contributed by atoms with Crippen LogP contribution in [-0.4, -0.2) is 8.42 Å². The van der Waals surface area contributed by atoms with Crippen molar-refractivity contribution in [2.45, 2.75) is 25.2 Å². The van der Waals surface area contributed by atoms with Crippen LogP contribution < -0.4 is 56.5 Å². The molecule has 0 atom stereocenters. The Hall–Kier alpha value is 0.766. The molecule has 0 aliphatic carbocycles. The van der Waals surface area contributed by atoms with Gasteiger partial charge in [-0.25, -0.2) is 13.6 Å². The van der Waals surface area contributed by atoms with E-state index in [4.69, 9.17) is 5.14 Å². The predicted molar refractivity (Wildman–Crippen MR) is 56.4 cm³/mol. The van der Waals surface area contributed by atoms with E-state index < -0.39 is 10.0 Å². The van der Waals surface area contributed by atoms with Crippen LogP contribution >= 0.6 is 0 Å². The standard InChI is InChI=1S/C10H15NO2S.K/c1-8(2)7-9-3-5-10(6-4-9)14(11,12)13;/h3-6,8H,7H2,1-2H3,(H2,11,12,13);/q;+1. The van der Waals surface area contributed by atoms with Gasteiger partial charge in [0, 0.05) is 0 Å². The summed E-state index contributed by atoms with van der Waals surface area (Å²) in [5, 5.41) is 4.98. The van der Waals surface area contributed by atoms with Crippen LogP contribution in [0.3, 0.4) is 0 Å². The number of benzene rings is 1. The second kappa shape index (κ2) is 6.49. The molecule has 0 heterocycles. The Labute approximate surface area is 134 Å². The second-order valence-corrected chi connectivity index (χ2v) is 5.35. The molecule has 15 heavy (non-hydrogen) atoms. The van der Waals surface area contributed by atoms with Crippen LogP contribution in [0.4, 0.5) is 0 Å². The Morgan fingerprint density at radius 2 is 1.67 bits per heavy atom. The van der Waals surface area contributed by atoms with Crippen LogP contribution in [0.5, 0.6) is 0 Å². The minimum atomic E-state index is -3.55. The molecule has 1 aromatic rings. The molecule has 78 valence electrons. The van der Waals surface area contributed by atoms with Crippen LogP contribution in [0.25, 0.3) is 0 Å². The molecule has 0 saturated heterocycles. The zero-order valence-electron chi connectivity index (χ0n) is 9.40. The summed E-state index contributed by atoms with van der Waals surface area (Å²) in [6.45, 7) is 4.24. The van der Waals surface area contributed by atoms with E-state index in [1.165, 1.54) is 0 Å². The van der Waals surface area contributed by atoms with Gasteiger partial charge < -0.3 is 0 Å². The van der Waals surface area contributed by atoms with E-state index in [9.17, 15) is 8.42 Å². The largest absolute Gasteiger partial charge is 1.00 e. The van der Waals surface area contributed by atoms with Crippen molar-refractivity contribution < 1.29 is 59.8 Å². The van der Waals surface area contributed by atoms with Gasteiger partial charge in [0.2, 0.25) is 10.0 Å². The number of nitrogens with two attached hydrogens (primary N) is 1. The molecule has 0 saturated carbocycles. The van der Waals surface area contributed by atoms with Gasteiger partial charge in [0.05, 0.1) is 4.90 Å². The molecule has 0 radical (unpaired) electrons. The summed E-state index contributed by atoms with van der Waals surface area (Å²) in [4.78, 5) is 0.171. The predicted octanol–water partition coefficient (Wildman–Crippen LogP) is -1.46. The SMILES string of the molecule is CC(C)Cc1ccc(S(N)(=O)=O)cc1.[K+]. The number of primary sulfonamides is 1. The molecular weight excluding hydrogens is 237 g/mol. The van der Waals surface area contributed by atoms with E-state index in [2.05, 4.69) is 13.8 Å². The van der Waals surface area contributed by atoms with Crippen LogP contribution in [0.2, 0.25) is 0 Å². The monoisotopic (exact) mass is 252 g/mol. The van der Waals surface area contributed by atoms with Crippen LogP contribution in [0.15, 0.2) is 29.2 Å². The molecule has 5 heteroatoms. The molecule has 0 aliphatic rings. The molecule has 0 spiro atoms. The summed E-state index contributed by atoms with van der Waals surface area (Å²) in [6, 6.07) is 6.71. The van der Waals surface area contributed by atoms with Gasteiger partial charge in [-0.05, 0) is 30.0 Å². The third kappa shape index (κ3) is 5.58. The van der Waals surface area contributed by atoms with Crippen LogP contribution in [0, 0.1) is 5.92 Å². The molecule has 1 rings (SSSR count). The Morgan fingerprint density at radius 1 is 1.20 bits per heavy atom. The Balaban J connectivity index is 0.00000196. The van der Waals surface area contributed by atoms with Crippen molar-refractivity contribution in [2.75, 3.05) is 0 Å². The van der Waals surface area contributed by atoms with E-state index in [1.807, 2.05) is 0 Å². The summed E-state index contributed by atoms with van der Waals surface area (Å²) in [6.07, 6.45) is 0.949. The zero-order valence-corrected chi connectivity index (χ0v) is 13.3. The first-order valence-electron chi connectivity index (χ1n) is 4.51.